The molecule has 0 atom stereocenters. The number of benzene rings is 1. The average molecular weight is 269 g/mol. The standard InChI is InChI=1S/C10H9BrN2O2/c1-6(14)13-9-4-10(15-2)8(11)3-7(9)5-12-13/h3-5H,1-2H3. The molecule has 1 aromatic carbocycles. The minimum atomic E-state index is -0.116. The summed E-state index contributed by atoms with van der Waals surface area (Å²) in [7, 11) is 1.58. The lowest BCUT2D eigenvalue weighted by molar-refractivity contribution is 0.0927. The predicted molar refractivity (Wildman–Crippen MR) is 60.3 cm³/mol. The molecule has 0 radical (unpaired) electrons. The van der Waals surface area contributed by atoms with E-state index < -0.39 is 0 Å². The molecule has 5 heteroatoms. The van der Waals surface area contributed by atoms with Gasteiger partial charge in [0.2, 0.25) is 5.91 Å². The highest BCUT2D eigenvalue weighted by Crippen LogP contribution is 2.29. The van der Waals surface area contributed by atoms with E-state index in [9.17, 15) is 4.79 Å². The van der Waals surface area contributed by atoms with Gasteiger partial charge in [0.05, 0.1) is 23.3 Å². The third-order valence-corrected chi connectivity index (χ3v) is 2.76. The second-order valence-electron chi connectivity index (χ2n) is 3.12. The molecule has 0 saturated heterocycles. The number of methoxy groups -OCH3 is 1. The van der Waals surface area contributed by atoms with Gasteiger partial charge in [-0.15, -0.1) is 0 Å². The summed E-state index contributed by atoms with van der Waals surface area (Å²) in [4.78, 5) is 11.3. The molecule has 0 unspecified atom stereocenters. The van der Waals surface area contributed by atoms with Crippen molar-refractivity contribution in [3.63, 3.8) is 0 Å². The minimum Gasteiger partial charge on any atom is -0.495 e. The van der Waals surface area contributed by atoms with Crippen LogP contribution in [-0.4, -0.2) is 22.8 Å². The first kappa shape index (κ1) is 10.2. The van der Waals surface area contributed by atoms with Crippen LogP contribution in [0.4, 0.5) is 0 Å². The van der Waals surface area contributed by atoms with Crippen LogP contribution in [0, 0.1) is 0 Å². The van der Waals surface area contributed by atoms with Crippen molar-refractivity contribution in [3.8, 4) is 5.75 Å². The second kappa shape index (κ2) is 3.66. The molecule has 1 heterocycles. The molecule has 78 valence electrons. The number of ether oxygens (including phenoxy) is 1. The normalized spacial score (nSPS) is 10.6. The van der Waals surface area contributed by atoms with Gasteiger partial charge in [0, 0.05) is 18.4 Å². The van der Waals surface area contributed by atoms with Crippen LogP contribution in [-0.2, 0) is 0 Å². The topological polar surface area (TPSA) is 44.1 Å². The number of hydrogen-bond donors (Lipinski definition) is 0. The van der Waals surface area contributed by atoms with E-state index in [0.717, 1.165) is 15.4 Å². The van der Waals surface area contributed by atoms with Crippen molar-refractivity contribution in [1.29, 1.82) is 0 Å². The Bertz CT molecular complexity index is 533. The highest BCUT2D eigenvalue weighted by molar-refractivity contribution is 9.10. The Balaban J connectivity index is 2.74. The van der Waals surface area contributed by atoms with Gasteiger partial charge in [-0.25, -0.2) is 4.68 Å². The molecule has 15 heavy (non-hydrogen) atoms. The Kier molecular flexibility index (Phi) is 2.48. The van der Waals surface area contributed by atoms with Gasteiger partial charge in [-0.05, 0) is 22.0 Å². The fourth-order valence-electron chi connectivity index (χ4n) is 1.43. The van der Waals surface area contributed by atoms with E-state index in [1.54, 1.807) is 19.4 Å². The summed E-state index contributed by atoms with van der Waals surface area (Å²) in [6.07, 6.45) is 1.65. The molecule has 0 aliphatic carbocycles. The van der Waals surface area contributed by atoms with Crippen LogP contribution < -0.4 is 4.74 Å². The SMILES string of the molecule is COc1cc2c(cnn2C(C)=O)cc1Br. The second-order valence-corrected chi connectivity index (χ2v) is 3.98. The first-order valence-electron chi connectivity index (χ1n) is 4.35. The van der Waals surface area contributed by atoms with Gasteiger partial charge < -0.3 is 4.74 Å². The number of carbonyl (C=O) groups excluding carboxylic acids is 1. The van der Waals surface area contributed by atoms with Gasteiger partial charge in [0.15, 0.2) is 0 Å². The Labute approximate surface area is 95.0 Å². The fraction of sp³-hybridized carbons (Fsp3) is 0.200. The van der Waals surface area contributed by atoms with Gasteiger partial charge in [-0.3, -0.25) is 4.79 Å². The van der Waals surface area contributed by atoms with E-state index >= 15 is 0 Å². The molecule has 4 nitrogen and oxygen atoms in total. The third-order valence-electron chi connectivity index (χ3n) is 2.14. The van der Waals surface area contributed by atoms with Gasteiger partial charge in [-0.1, -0.05) is 0 Å². The Morgan fingerprint density at radius 2 is 2.27 bits per heavy atom. The monoisotopic (exact) mass is 268 g/mol. The molecule has 0 saturated carbocycles. The van der Waals surface area contributed by atoms with Gasteiger partial charge in [-0.2, -0.15) is 5.10 Å². The number of nitrogens with zero attached hydrogens (tertiary/aromatic N) is 2. The lowest BCUT2D eigenvalue weighted by Gasteiger charge is -2.03. The number of fused-ring (bicyclic) bond motifs is 1. The molecule has 0 amide bonds. The lowest BCUT2D eigenvalue weighted by Crippen LogP contribution is -2.06. The minimum absolute atomic E-state index is 0.116. The van der Waals surface area contributed by atoms with E-state index in [2.05, 4.69) is 21.0 Å². The summed E-state index contributed by atoms with van der Waals surface area (Å²) in [5, 5.41) is 4.90. The summed E-state index contributed by atoms with van der Waals surface area (Å²) in [6.45, 7) is 1.47. The summed E-state index contributed by atoms with van der Waals surface area (Å²) in [6, 6.07) is 3.66. The molecule has 1 aromatic heterocycles. The number of carbonyl (C=O) groups is 1. The van der Waals surface area contributed by atoms with E-state index in [-0.39, 0.29) is 5.91 Å². The van der Waals surface area contributed by atoms with Gasteiger partial charge >= 0.3 is 0 Å². The third kappa shape index (κ3) is 1.63. The summed E-state index contributed by atoms with van der Waals surface area (Å²) >= 11 is 3.38. The van der Waals surface area contributed by atoms with Gasteiger partial charge in [0.25, 0.3) is 0 Å². The van der Waals surface area contributed by atoms with Gasteiger partial charge in [0.1, 0.15) is 5.75 Å². The van der Waals surface area contributed by atoms with Crippen molar-refractivity contribution in [2.45, 2.75) is 6.92 Å². The largest absolute Gasteiger partial charge is 0.495 e. The molecule has 0 spiro atoms. The maximum Gasteiger partial charge on any atom is 0.244 e. The summed E-state index contributed by atoms with van der Waals surface area (Å²) in [5.41, 5.74) is 0.752. The quantitative estimate of drug-likeness (QED) is 0.798. The van der Waals surface area contributed by atoms with Crippen molar-refractivity contribution < 1.29 is 9.53 Å². The predicted octanol–water partition coefficient (Wildman–Crippen LogP) is 2.47. The van der Waals surface area contributed by atoms with Crippen molar-refractivity contribution in [2.75, 3.05) is 7.11 Å². The number of hydrogen-bond acceptors (Lipinski definition) is 3. The van der Waals surface area contributed by atoms with Crippen LogP contribution in [0.2, 0.25) is 0 Å². The fourth-order valence-corrected chi connectivity index (χ4v) is 1.96. The highest BCUT2D eigenvalue weighted by Gasteiger charge is 2.09. The molecule has 0 bridgehead atoms. The number of halogens is 1. The number of rotatable bonds is 1. The first-order valence-corrected chi connectivity index (χ1v) is 5.15. The lowest BCUT2D eigenvalue weighted by atomic mass is 10.2. The van der Waals surface area contributed by atoms with Crippen LogP contribution in [0.1, 0.15) is 11.7 Å². The number of aromatic nitrogens is 2. The highest BCUT2D eigenvalue weighted by atomic mass is 79.9. The average Bonchev–Trinajstić information content (AvgIpc) is 2.59. The van der Waals surface area contributed by atoms with Crippen molar-refractivity contribution >= 4 is 32.7 Å². The van der Waals surface area contributed by atoms with Crippen LogP contribution in [0.5, 0.6) is 5.75 Å². The van der Waals surface area contributed by atoms with E-state index in [1.807, 2.05) is 6.07 Å². The Hall–Kier alpha value is -1.36. The molecule has 0 aliphatic rings. The molecular formula is C10H9BrN2O2. The smallest absolute Gasteiger partial charge is 0.244 e. The van der Waals surface area contributed by atoms with Crippen LogP contribution in [0.25, 0.3) is 10.9 Å². The van der Waals surface area contributed by atoms with E-state index in [0.29, 0.717) is 5.75 Å². The Morgan fingerprint density at radius 3 is 2.87 bits per heavy atom. The molecule has 0 N–H and O–H groups in total. The van der Waals surface area contributed by atoms with Crippen molar-refractivity contribution in [2.24, 2.45) is 0 Å². The maximum atomic E-state index is 11.3. The molecule has 2 rings (SSSR count). The molecule has 0 aliphatic heterocycles. The van der Waals surface area contributed by atoms with E-state index in [4.69, 9.17) is 4.74 Å². The van der Waals surface area contributed by atoms with Crippen molar-refractivity contribution in [3.05, 3.63) is 22.8 Å². The van der Waals surface area contributed by atoms with Crippen molar-refractivity contribution in [1.82, 2.24) is 9.78 Å². The zero-order chi connectivity index (χ0) is 11.0. The molecule has 0 fully saturated rings. The van der Waals surface area contributed by atoms with Crippen LogP contribution in [0.3, 0.4) is 0 Å². The molecular weight excluding hydrogens is 260 g/mol. The zero-order valence-electron chi connectivity index (χ0n) is 8.32. The van der Waals surface area contributed by atoms with E-state index in [1.165, 1.54) is 11.6 Å². The maximum absolute atomic E-state index is 11.3. The zero-order valence-corrected chi connectivity index (χ0v) is 9.91. The molecule has 2 aromatic rings. The Morgan fingerprint density at radius 1 is 1.53 bits per heavy atom. The summed E-state index contributed by atoms with van der Waals surface area (Å²) in [5.74, 6) is 0.569. The van der Waals surface area contributed by atoms with Crippen LogP contribution in [0.15, 0.2) is 22.8 Å². The van der Waals surface area contributed by atoms with Crippen LogP contribution >= 0.6 is 15.9 Å². The summed E-state index contributed by atoms with van der Waals surface area (Å²) < 4.78 is 7.36. The first-order chi connectivity index (χ1) is 7.13.